The van der Waals surface area contributed by atoms with E-state index in [-0.39, 0.29) is 12.4 Å². The van der Waals surface area contributed by atoms with Crippen LogP contribution in [0.2, 0.25) is 0 Å². The number of hydrogen-bond donors (Lipinski definition) is 0. The smallest absolute Gasteiger partial charge is 0.200 e. The Kier molecular flexibility index (Phi) is 4.31. The van der Waals surface area contributed by atoms with Crippen molar-refractivity contribution in [3.05, 3.63) is 64.7 Å². The van der Waals surface area contributed by atoms with E-state index in [0.717, 1.165) is 17.4 Å². The highest BCUT2D eigenvalue weighted by Gasteiger charge is 2.09. The topological polar surface area (TPSA) is 43.4 Å². The van der Waals surface area contributed by atoms with Crippen LogP contribution in [-0.2, 0) is 0 Å². The molecule has 0 aliphatic heterocycles. The van der Waals surface area contributed by atoms with Gasteiger partial charge >= 0.3 is 0 Å². The summed E-state index contributed by atoms with van der Waals surface area (Å²) in [5.41, 5.74) is 3.34. The van der Waals surface area contributed by atoms with Crippen LogP contribution in [0.5, 0.6) is 5.75 Å². The zero-order chi connectivity index (χ0) is 14.5. The maximum atomic E-state index is 12.1. The van der Waals surface area contributed by atoms with Crippen molar-refractivity contribution in [3.63, 3.8) is 0 Å². The van der Waals surface area contributed by atoms with E-state index in [2.05, 4.69) is 0 Å². The molecule has 0 amide bonds. The van der Waals surface area contributed by atoms with Gasteiger partial charge in [-0.15, -0.1) is 0 Å². The van der Waals surface area contributed by atoms with Crippen LogP contribution in [0.3, 0.4) is 0 Å². The first-order chi connectivity index (χ1) is 9.60. The number of Topliss-reactive ketones (excluding diaryl/α,β-unsaturated/α-hetero) is 1. The quantitative estimate of drug-likeness (QED) is 0.616. The number of ketones is 1. The Bertz CT molecular complexity index is 627. The first-order valence-electron chi connectivity index (χ1n) is 6.38. The summed E-state index contributed by atoms with van der Waals surface area (Å²) in [5.74, 6) is 0.524. The zero-order valence-corrected chi connectivity index (χ0v) is 11.6. The Hall–Kier alpha value is -2.42. The minimum absolute atomic E-state index is 0.00959. The lowest BCUT2D eigenvalue weighted by atomic mass is 10.0. The van der Waals surface area contributed by atoms with Gasteiger partial charge in [0, 0.05) is 11.1 Å². The number of carbonyl (C=O) groups excluding carboxylic acids is 2. The van der Waals surface area contributed by atoms with Gasteiger partial charge in [0.15, 0.2) is 12.4 Å². The van der Waals surface area contributed by atoms with Crippen LogP contribution in [0.4, 0.5) is 0 Å². The van der Waals surface area contributed by atoms with E-state index in [1.165, 1.54) is 0 Å². The summed E-state index contributed by atoms with van der Waals surface area (Å²) in [6.45, 7) is 3.90. The number of rotatable bonds is 5. The minimum Gasteiger partial charge on any atom is -0.485 e. The van der Waals surface area contributed by atoms with E-state index in [4.69, 9.17) is 4.74 Å². The highest BCUT2D eigenvalue weighted by molar-refractivity contribution is 5.98. The van der Waals surface area contributed by atoms with E-state index in [0.29, 0.717) is 16.9 Å². The average Bonchev–Trinajstić information content (AvgIpc) is 2.45. The second-order valence-corrected chi connectivity index (χ2v) is 4.72. The standard InChI is InChI=1S/C17H16O3/c1-12-3-8-16(13(2)9-12)17(19)11-20-15-6-4-14(10-18)5-7-15/h3-10H,11H2,1-2H3. The normalized spacial score (nSPS) is 10.1. The summed E-state index contributed by atoms with van der Waals surface area (Å²) in [6.07, 6.45) is 0.768. The molecule has 0 heterocycles. The molecule has 3 heteroatoms. The van der Waals surface area contributed by atoms with Gasteiger partial charge in [0.05, 0.1) is 0 Å². The molecule has 0 aliphatic carbocycles. The molecule has 20 heavy (non-hydrogen) atoms. The molecule has 0 aliphatic rings. The van der Waals surface area contributed by atoms with Crippen LogP contribution in [-0.4, -0.2) is 18.7 Å². The molecular formula is C17H16O3. The van der Waals surface area contributed by atoms with E-state index < -0.39 is 0 Å². The third-order valence-electron chi connectivity index (χ3n) is 3.07. The predicted molar refractivity (Wildman–Crippen MR) is 77.6 cm³/mol. The molecule has 0 fully saturated rings. The van der Waals surface area contributed by atoms with Gasteiger partial charge in [-0.2, -0.15) is 0 Å². The van der Waals surface area contributed by atoms with Crippen LogP contribution >= 0.6 is 0 Å². The molecule has 0 N–H and O–H groups in total. The molecule has 2 aromatic rings. The molecule has 2 rings (SSSR count). The number of benzene rings is 2. The summed E-state index contributed by atoms with van der Waals surface area (Å²) in [5, 5.41) is 0. The number of carbonyl (C=O) groups is 2. The third-order valence-corrected chi connectivity index (χ3v) is 3.07. The Balaban J connectivity index is 2.02. The van der Waals surface area contributed by atoms with Gasteiger partial charge in [-0.1, -0.05) is 23.8 Å². The summed E-state index contributed by atoms with van der Waals surface area (Å²) in [7, 11) is 0. The third kappa shape index (κ3) is 3.32. The van der Waals surface area contributed by atoms with Crippen molar-refractivity contribution in [2.45, 2.75) is 13.8 Å². The second kappa shape index (κ2) is 6.15. The molecular weight excluding hydrogens is 252 g/mol. The molecule has 3 nitrogen and oxygen atoms in total. The molecule has 0 aromatic heterocycles. The fraction of sp³-hybridized carbons (Fsp3) is 0.176. The monoisotopic (exact) mass is 268 g/mol. The Morgan fingerprint density at radius 2 is 1.80 bits per heavy atom. The Morgan fingerprint density at radius 3 is 2.40 bits per heavy atom. The van der Waals surface area contributed by atoms with Crippen LogP contribution in [0, 0.1) is 13.8 Å². The molecule has 0 saturated carbocycles. The van der Waals surface area contributed by atoms with Crippen molar-refractivity contribution >= 4 is 12.1 Å². The molecule has 0 spiro atoms. The van der Waals surface area contributed by atoms with Crippen molar-refractivity contribution in [2.24, 2.45) is 0 Å². The van der Waals surface area contributed by atoms with Gasteiger partial charge in [-0.3, -0.25) is 9.59 Å². The fourth-order valence-corrected chi connectivity index (χ4v) is 2.00. The van der Waals surface area contributed by atoms with Gasteiger partial charge < -0.3 is 4.74 Å². The highest BCUT2D eigenvalue weighted by Crippen LogP contribution is 2.14. The maximum absolute atomic E-state index is 12.1. The minimum atomic E-state index is -0.0537. The number of aldehydes is 1. The predicted octanol–water partition coefficient (Wildman–Crippen LogP) is 3.38. The maximum Gasteiger partial charge on any atom is 0.200 e. The van der Waals surface area contributed by atoms with E-state index in [9.17, 15) is 9.59 Å². The van der Waals surface area contributed by atoms with Gasteiger partial charge in [-0.25, -0.2) is 0 Å². The molecule has 0 atom stereocenters. The van der Waals surface area contributed by atoms with Crippen molar-refractivity contribution in [3.8, 4) is 5.75 Å². The zero-order valence-electron chi connectivity index (χ0n) is 11.6. The molecule has 102 valence electrons. The van der Waals surface area contributed by atoms with E-state index >= 15 is 0 Å². The lowest BCUT2D eigenvalue weighted by molar-refractivity contribution is 0.0920. The molecule has 0 unspecified atom stereocenters. The number of ether oxygens (including phenoxy) is 1. The van der Waals surface area contributed by atoms with Crippen molar-refractivity contribution in [1.29, 1.82) is 0 Å². The lowest BCUT2D eigenvalue weighted by Gasteiger charge is -2.08. The number of aryl methyl sites for hydroxylation is 2. The van der Waals surface area contributed by atoms with Crippen LogP contribution < -0.4 is 4.74 Å². The molecule has 0 saturated heterocycles. The van der Waals surface area contributed by atoms with Gasteiger partial charge in [0.1, 0.15) is 12.0 Å². The average molecular weight is 268 g/mol. The first-order valence-corrected chi connectivity index (χ1v) is 6.38. The van der Waals surface area contributed by atoms with Gasteiger partial charge in [0.2, 0.25) is 0 Å². The highest BCUT2D eigenvalue weighted by atomic mass is 16.5. The number of hydrogen-bond acceptors (Lipinski definition) is 3. The molecule has 0 bridgehead atoms. The fourth-order valence-electron chi connectivity index (χ4n) is 2.00. The first kappa shape index (κ1) is 14.0. The summed E-state index contributed by atoms with van der Waals surface area (Å²) >= 11 is 0. The largest absolute Gasteiger partial charge is 0.485 e. The van der Waals surface area contributed by atoms with Gasteiger partial charge in [-0.05, 0) is 43.7 Å². The summed E-state index contributed by atoms with van der Waals surface area (Å²) in [4.78, 5) is 22.6. The Labute approximate surface area is 118 Å². The van der Waals surface area contributed by atoms with E-state index in [1.54, 1.807) is 24.3 Å². The van der Waals surface area contributed by atoms with Crippen LogP contribution in [0.25, 0.3) is 0 Å². The van der Waals surface area contributed by atoms with Crippen LogP contribution in [0.1, 0.15) is 31.8 Å². The van der Waals surface area contributed by atoms with Crippen molar-refractivity contribution in [1.82, 2.24) is 0 Å². The van der Waals surface area contributed by atoms with Crippen molar-refractivity contribution in [2.75, 3.05) is 6.61 Å². The van der Waals surface area contributed by atoms with Crippen LogP contribution in [0.15, 0.2) is 42.5 Å². The molecule has 0 radical (unpaired) electrons. The second-order valence-electron chi connectivity index (χ2n) is 4.72. The Morgan fingerprint density at radius 1 is 1.10 bits per heavy atom. The summed E-state index contributed by atoms with van der Waals surface area (Å²) < 4.78 is 5.44. The lowest BCUT2D eigenvalue weighted by Crippen LogP contribution is -2.13. The van der Waals surface area contributed by atoms with Crippen molar-refractivity contribution < 1.29 is 14.3 Å². The van der Waals surface area contributed by atoms with E-state index in [1.807, 2.05) is 32.0 Å². The van der Waals surface area contributed by atoms with Gasteiger partial charge in [0.25, 0.3) is 0 Å². The molecule has 2 aromatic carbocycles. The SMILES string of the molecule is Cc1ccc(C(=O)COc2ccc(C=O)cc2)c(C)c1. The summed E-state index contributed by atoms with van der Waals surface area (Å²) in [6, 6.07) is 12.4.